The van der Waals surface area contributed by atoms with Gasteiger partial charge in [0.25, 0.3) is 5.91 Å². The number of hydrogen-bond acceptors (Lipinski definition) is 4. The number of nitrogens with zero attached hydrogens (tertiary/aromatic N) is 2. The fourth-order valence-corrected chi connectivity index (χ4v) is 2.89. The van der Waals surface area contributed by atoms with Crippen LogP contribution >= 0.6 is 0 Å². The molecule has 3 aromatic rings. The summed E-state index contributed by atoms with van der Waals surface area (Å²) in [6.07, 6.45) is 0.193. The van der Waals surface area contributed by atoms with Crippen molar-refractivity contribution in [3.05, 3.63) is 77.9 Å². The largest absolute Gasteiger partial charge is 0.452 e. The second-order valence-electron chi connectivity index (χ2n) is 6.43. The molecule has 28 heavy (non-hydrogen) atoms. The smallest absolute Gasteiger partial charge is 0.338 e. The summed E-state index contributed by atoms with van der Waals surface area (Å²) < 4.78 is 5.23. The quantitative estimate of drug-likeness (QED) is 0.607. The van der Waals surface area contributed by atoms with Gasteiger partial charge in [-0.3, -0.25) is 4.79 Å². The summed E-state index contributed by atoms with van der Waals surface area (Å²) in [5.74, 6) is -0.920. The monoisotopic (exact) mass is 372 g/mol. The number of esters is 1. The summed E-state index contributed by atoms with van der Waals surface area (Å²) in [4.78, 5) is 26.5. The summed E-state index contributed by atoms with van der Waals surface area (Å²) in [5.41, 5.74) is 2.14. The summed E-state index contributed by atoms with van der Waals surface area (Å²) in [6.45, 7) is 1.81. The molecule has 0 heterocycles. The van der Waals surface area contributed by atoms with Crippen LogP contribution in [0.3, 0.4) is 0 Å². The number of anilines is 1. The van der Waals surface area contributed by atoms with Gasteiger partial charge in [-0.25, -0.2) is 4.79 Å². The van der Waals surface area contributed by atoms with Crippen LogP contribution in [0.25, 0.3) is 10.8 Å². The number of aryl methyl sites for hydroxylation is 1. The van der Waals surface area contributed by atoms with E-state index in [1.165, 1.54) is 4.90 Å². The third-order valence-corrected chi connectivity index (χ3v) is 4.41. The van der Waals surface area contributed by atoms with Crippen LogP contribution in [0.2, 0.25) is 0 Å². The van der Waals surface area contributed by atoms with Gasteiger partial charge in [-0.05, 0) is 42.0 Å². The molecule has 5 nitrogen and oxygen atoms in total. The molecule has 0 atom stereocenters. The van der Waals surface area contributed by atoms with E-state index in [-0.39, 0.29) is 25.5 Å². The predicted octanol–water partition coefficient (Wildman–Crippen LogP) is 4.25. The van der Waals surface area contributed by atoms with Crippen molar-refractivity contribution in [3.8, 4) is 6.07 Å². The zero-order valence-corrected chi connectivity index (χ0v) is 15.6. The van der Waals surface area contributed by atoms with E-state index in [1.807, 2.05) is 67.6 Å². The average Bonchev–Trinajstić information content (AvgIpc) is 2.73. The number of carbonyl (C=O) groups is 2. The Balaban J connectivity index is 1.69. The summed E-state index contributed by atoms with van der Waals surface area (Å²) in [7, 11) is 0. The van der Waals surface area contributed by atoms with E-state index in [4.69, 9.17) is 10.00 Å². The van der Waals surface area contributed by atoms with Crippen LogP contribution in [-0.4, -0.2) is 25.0 Å². The van der Waals surface area contributed by atoms with E-state index in [2.05, 4.69) is 0 Å². The van der Waals surface area contributed by atoms with Crippen molar-refractivity contribution < 1.29 is 14.3 Å². The first-order valence-electron chi connectivity index (χ1n) is 8.98. The molecule has 0 fully saturated rings. The predicted molar refractivity (Wildman–Crippen MR) is 108 cm³/mol. The van der Waals surface area contributed by atoms with Crippen LogP contribution < -0.4 is 4.90 Å². The second-order valence-corrected chi connectivity index (χ2v) is 6.43. The summed E-state index contributed by atoms with van der Waals surface area (Å²) in [6, 6.07) is 22.4. The topological polar surface area (TPSA) is 70.4 Å². The molecule has 0 radical (unpaired) electrons. The van der Waals surface area contributed by atoms with Crippen molar-refractivity contribution in [2.75, 3.05) is 18.1 Å². The number of nitriles is 1. The SMILES string of the molecule is Cc1ccc(N(CCC#N)C(=O)COC(=O)c2ccc3ccccc3c2)cc1. The zero-order chi connectivity index (χ0) is 19.9. The van der Waals surface area contributed by atoms with Crippen molar-refractivity contribution in [3.63, 3.8) is 0 Å². The first-order chi connectivity index (χ1) is 13.6. The normalized spacial score (nSPS) is 10.3. The van der Waals surface area contributed by atoms with Gasteiger partial charge < -0.3 is 9.64 Å². The number of rotatable bonds is 6. The van der Waals surface area contributed by atoms with Crippen molar-refractivity contribution in [2.24, 2.45) is 0 Å². The molecule has 0 unspecified atom stereocenters. The minimum Gasteiger partial charge on any atom is -0.452 e. The van der Waals surface area contributed by atoms with E-state index in [0.29, 0.717) is 11.3 Å². The Hall–Kier alpha value is -3.65. The highest BCUT2D eigenvalue weighted by Gasteiger charge is 2.18. The number of fused-ring (bicyclic) bond motifs is 1. The molecule has 0 aliphatic rings. The van der Waals surface area contributed by atoms with Gasteiger partial charge in [0.05, 0.1) is 18.1 Å². The van der Waals surface area contributed by atoms with Gasteiger partial charge in [-0.15, -0.1) is 0 Å². The summed E-state index contributed by atoms with van der Waals surface area (Å²) in [5, 5.41) is 10.8. The Morgan fingerprint density at radius 2 is 1.71 bits per heavy atom. The average molecular weight is 372 g/mol. The highest BCUT2D eigenvalue weighted by molar-refractivity contribution is 5.99. The van der Waals surface area contributed by atoms with Crippen molar-refractivity contribution in [1.29, 1.82) is 5.26 Å². The lowest BCUT2D eigenvalue weighted by atomic mass is 10.1. The van der Waals surface area contributed by atoms with Gasteiger partial charge in [-0.1, -0.05) is 48.0 Å². The van der Waals surface area contributed by atoms with Crippen LogP contribution in [0, 0.1) is 18.3 Å². The van der Waals surface area contributed by atoms with Gasteiger partial charge >= 0.3 is 5.97 Å². The maximum atomic E-state index is 12.6. The molecule has 0 aromatic heterocycles. The van der Waals surface area contributed by atoms with Crippen LogP contribution in [0.5, 0.6) is 0 Å². The fraction of sp³-hybridized carbons (Fsp3) is 0.174. The first-order valence-corrected chi connectivity index (χ1v) is 8.98. The van der Waals surface area contributed by atoms with Crippen LogP contribution in [-0.2, 0) is 9.53 Å². The Kier molecular flexibility index (Phi) is 6.03. The van der Waals surface area contributed by atoms with Crippen LogP contribution in [0.15, 0.2) is 66.7 Å². The molecule has 5 heteroatoms. The maximum absolute atomic E-state index is 12.6. The van der Waals surface area contributed by atoms with E-state index >= 15 is 0 Å². The lowest BCUT2D eigenvalue weighted by Crippen LogP contribution is -2.35. The Bertz CT molecular complexity index is 1040. The molecule has 0 aliphatic carbocycles. The summed E-state index contributed by atoms with van der Waals surface area (Å²) >= 11 is 0. The highest BCUT2D eigenvalue weighted by atomic mass is 16.5. The minimum atomic E-state index is -0.553. The Labute approximate surface area is 163 Å². The zero-order valence-electron chi connectivity index (χ0n) is 15.6. The van der Waals surface area contributed by atoms with E-state index in [1.54, 1.807) is 12.1 Å². The molecular formula is C23H20N2O3. The molecule has 0 saturated carbocycles. The van der Waals surface area contributed by atoms with Crippen molar-refractivity contribution in [2.45, 2.75) is 13.3 Å². The second kappa shape index (κ2) is 8.83. The minimum absolute atomic E-state index is 0.193. The lowest BCUT2D eigenvalue weighted by molar-refractivity contribution is -0.121. The van der Waals surface area contributed by atoms with E-state index in [0.717, 1.165) is 16.3 Å². The number of hydrogen-bond donors (Lipinski definition) is 0. The van der Waals surface area contributed by atoms with Crippen LogP contribution in [0.1, 0.15) is 22.3 Å². The van der Waals surface area contributed by atoms with E-state index in [9.17, 15) is 9.59 Å². The van der Waals surface area contributed by atoms with E-state index < -0.39 is 5.97 Å². The van der Waals surface area contributed by atoms with Gasteiger partial charge in [0, 0.05) is 12.2 Å². The third kappa shape index (κ3) is 4.54. The van der Waals surface area contributed by atoms with Gasteiger partial charge in [0.2, 0.25) is 0 Å². The highest BCUT2D eigenvalue weighted by Crippen LogP contribution is 2.18. The van der Waals surface area contributed by atoms with Crippen molar-refractivity contribution in [1.82, 2.24) is 0 Å². The number of carbonyl (C=O) groups excluding carboxylic acids is 2. The maximum Gasteiger partial charge on any atom is 0.338 e. The molecule has 140 valence electrons. The fourth-order valence-electron chi connectivity index (χ4n) is 2.89. The molecule has 0 N–H and O–H groups in total. The Morgan fingerprint density at radius 3 is 2.43 bits per heavy atom. The molecule has 0 aliphatic heterocycles. The molecular weight excluding hydrogens is 352 g/mol. The molecule has 0 spiro atoms. The van der Waals surface area contributed by atoms with Crippen molar-refractivity contribution >= 4 is 28.3 Å². The number of ether oxygens (including phenoxy) is 1. The number of benzene rings is 3. The molecule has 0 saturated heterocycles. The Morgan fingerprint density at radius 1 is 1.00 bits per heavy atom. The molecule has 3 rings (SSSR count). The lowest BCUT2D eigenvalue weighted by Gasteiger charge is -2.21. The molecule has 3 aromatic carbocycles. The standard InChI is InChI=1S/C23H20N2O3/c1-17-7-11-21(12-8-17)25(14-4-13-24)22(26)16-28-23(27)20-10-9-18-5-2-3-6-19(18)15-20/h2-3,5-12,15H,4,14,16H2,1H3. The number of amides is 1. The van der Waals surface area contributed by atoms with Gasteiger partial charge in [-0.2, -0.15) is 5.26 Å². The first kappa shape index (κ1) is 19.1. The van der Waals surface area contributed by atoms with Crippen LogP contribution in [0.4, 0.5) is 5.69 Å². The molecule has 0 bridgehead atoms. The molecule has 1 amide bonds. The van der Waals surface area contributed by atoms with Gasteiger partial charge in [0.15, 0.2) is 6.61 Å². The van der Waals surface area contributed by atoms with Gasteiger partial charge in [0.1, 0.15) is 0 Å². The third-order valence-electron chi connectivity index (χ3n) is 4.41.